The van der Waals surface area contributed by atoms with Gasteiger partial charge in [-0.25, -0.2) is 0 Å². The number of nitrogens with zero attached hydrogens (tertiary/aromatic N) is 1. The average Bonchev–Trinajstić information content (AvgIpc) is 3.89. The Hall–Kier alpha value is -8.20. The molecule has 12 rings (SSSR count). The lowest BCUT2D eigenvalue weighted by Gasteiger charge is -2.34. The fourth-order valence-corrected chi connectivity index (χ4v) is 10.1. The van der Waals surface area contributed by atoms with Gasteiger partial charge in [0.2, 0.25) is 0 Å². The second kappa shape index (κ2) is 15.1. The Kier molecular flexibility index (Phi) is 8.76. The van der Waals surface area contributed by atoms with Gasteiger partial charge in [-0.2, -0.15) is 0 Å². The standard InChI is InChI=1S/C61H41NO/c1-4-15-42(16-5-1)43-29-36-50(37-30-43)62(49-19-8-3-9-20-49)51-38-31-44(32-39-51)46-33-40-54-53-21-10-12-25-57(53)61(58(54)41-46,47-17-6-2-7-18-47)48-34-27-45(28-35-48)52-23-14-24-56-55-22-11-13-26-59(55)63-60(52)56/h1-41H. The van der Waals surface area contributed by atoms with Gasteiger partial charge in [-0.1, -0.05) is 200 Å². The van der Waals surface area contributed by atoms with Gasteiger partial charge in [0.25, 0.3) is 0 Å². The van der Waals surface area contributed by atoms with Crippen LogP contribution in [0.2, 0.25) is 0 Å². The molecule has 1 heterocycles. The molecule has 11 aromatic rings. The van der Waals surface area contributed by atoms with Crippen LogP contribution < -0.4 is 4.90 Å². The van der Waals surface area contributed by atoms with Gasteiger partial charge in [-0.3, -0.25) is 0 Å². The summed E-state index contributed by atoms with van der Waals surface area (Å²) in [6.45, 7) is 0. The predicted octanol–water partition coefficient (Wildman–Crippen LogP) is 16.4. The number of benzene rings is 10. The quantitative estimate of drug-likeness (QED) is 0.152. The van der Waals surface area contributed by atoms with Gasteiger partial charge in [0.05, 0.1) is 5.41 Å². The van der Waals surface area contributed by atoms with Crippen molar-refractivity contribution >= 4 is 39.0 Å². The summed E-state index contributed by atoms with van der Waals surface area (Å²) in [7, 11) is 0. The Bertz CT molecular complexity index is 3410. The molecule has 1 aliphatic rings. The largest absolute Gasteiger partial charge is 0.455 e. The van der Waals surface area contributed by atoms with Gasteiger partial charge in [-0.15, -0.1) is 0 Å². The van der Waals surface area contributed by atoms with Gasteiger partial charge in [0, 0.05) is 33.4 Å². The molecule has 0 fully saturated rings. The monoisotopic (exact) mass is 803 g/mol. The van der Waals surface area contributed by atoms with Gasteiger partial charge in [0.15, 0.2) is 0 Å². The fraction of sp³-hybridized carbons (Fsp3) is 0.0164. The Morgan fingerprint density at radius 3 is 1.52 bits per heavy atom. The summed E-state index contributed by atoms with van der Waals surface area (Å²) in [5, 5.41) is 2.28. The summed E-state index contributed by atoms with van der Waals surface area (Å²) in [5.41, 5.74) is 19.2. The molecule has 296 valence electrons. The predicted molar refractivity (Wildman–Crippen MR) is 262 cm³/mol. The molecule has 1 aromatic heterocycles. The van der Waals surface area contributed by atoms with E-state index in [9.17, 15) is 0 Å². The van der Waals surface area contributed by atoms with E-state index in [4.69, 9.17) is 4.42 Å². The molecule has 0 saturated carbocycles. The first-order valence-electron chi connectivity index (χ1n) is 21.7. The van der Waals surface area contributed by atoms with Crippen molar-refractivity contribution in [2.45, 2.75) is 5.41 Å². The zero-order valence-corrected chi connectivity index (χ0v) is 34.5. The Morgan fingerprint density at radius 1 is 0.302 bits per heavy atom. The Labute approximate surface area is 367 Å². The number of anilines is 3. The second-order valence-corrected chi connectivity index (χ2v) is 16.4. The van der Waals surface area contributed by atoms with E-state index in [1.807, 2.05) is 6.07 Å². The number of fused-ring (bicyclic) bond motifs is 6. The molecule has 0 N–H and O–H groups in total. The Morgan fingerprint density at radius 2 is 0.794 bits per heavy atom. The van der Waals surface area contributed by atoms with Crippen LogP contribution in [-0.2, 0) is 5.41 Å². The van der Waals surface area contributed by atoms with Crippen molar-refractivity contribution in [1.29, 1.82) is 0 Å². The second-order valence-electron chi connectivity index (χ2n) is 16.4. The van der Waals surface area contributed by atoms with Crippen molar-refractivity contribution in [3.63, 3.8) is 0 Å². The molecular formula is C61H41NO. The highest BCUT2D eigenvalue weighted by molar-refractivity contribution is 6.09. The minimum atomic E-state index is -0.539. The molecule has 63 heavy (non-hydrogen) atoms. The zero-order chi connectivity index (χ0) is 41.7. The minimum absolute atomic E-state index is 0.539. The topological polar surface area (TPSA) is 16.4 Å². The van der Waals surface area contributed by atoms with E-state index >= 15 is 0 Å². The number of furan rings is 1. The number of rotatable bonds is 8. The minimum Gasteiger partial charge on any atom is -0.455 e. The molecule has 0 amide bonds. The molecule has 1 atom stereocenters. The van der Waals surface area contributed by atoms with Crippen LogP contribution in [0.1, 0.15) is 22.3 Å². The highest BCUT2D eigenvalue weighted by atomic mass is 16.3. The van der Waals surface area contributed by atoms with Gasteiger partial charge < -0.3 is 9.32 Å². The van der Waals surface area contributed by atoms with Crippen LogP contribution in [0.3, 0.4) is 0 Å². The normalized spacial score (nSPS) is 14.1. The summed E-state index contributed by atoms with van der Waals surface area (Å²) < 4.78 is 6.49. The third-order valence-electron chi connectivity index (χ3n) is 13.0. The zero-order valence-electron chi connectivity index (χ0n) is 34.5. The fourth-order valence-electron chi connectivity index (χ4n) is 10.1. The molecule has 0 radical (unpaired) electrons. The maximum atomic E-state index is 6.49. The number of hydrogen-bond acceptors (Lipinski definition) is 2. The van der Waals surface area contributed by atoms with Crippen molar-refractivity contribution in [1.82, 2.24) is 0 Å². The van der Waals surface area contributed by atoms with Crippen molar-refractivity contribution < 1.29 is 4.42 Å². The van der Waals surface area contributed by atoms with E-state index in [-0.39, 0.29) is 0 Å². The molecule has 0 saturated heterocycles. The first-order chi connectivity index (χ1) is 31.2. The van der Waals surface area contributed by atoms with Crippen molar-refractivity contribution in [3.05, 3.63) is 271 Å². The van der Waals surface area contributed by atoms with Crippen LogP contribution in [0, 0.1) is 0 Å². The van der Waals surface area contributed by atoms with Gasteiger partial charge >= 0.3 is 0 Å². The van der Waals surface area contributed by atoms with E-state index in [1.54, 1.807) is 0 Å². The van der Waals surface area contributed by atoms with Crippen LogP contribution >= 0.6 is 0 Å². The SMILES string of the molecule is c1ccc(-c2ccc(N(c3ccccc3)c3ccc(-c4ccc5c(c4)C(c4ccccc4)(c4ccc(-c6cccc7c6oc6ccccc67)cc4)c4ccccc4-5)cc3)cc2)cc1. The summed E-state index contributed by atoms with van der Waals surface area (Å²) in [6.07, 6.45) is 0. The number of para-hydroxylation sites is 3. The molecule has 0 aliphatic heterocycles. The third kappa shape index (κ3) is 6.02. The van der Waals surface area contributed by atoms with Crippen LogP contribution in [0.15, 0.2) is 253 Å². The lowest BCUT2D eigenvalue weighted by atomic mass is 9.67. The number of hydrogen-bond donors (Lipinski definition) is 0. The lowest BCUT2D eigenvalue weighted by molar-refractivity contribution is 0.670. The van der Waals surface area contributed by atoms with Crippen molar-refractivity contribution in [2.24, 2.45) is 0 Å². The third-order valence-corrected chi connectivity index (χ3v) is 13.0. The molecular weight excluding hydrogens is 763 g/mol. The van der Waals surface area contributed by atoms with Crippen LogP contribution in [-0.4, -0.2) is 0 Å². The van der Waals surface area contributed by atoms with Crippen molar-refractivity contribution in [2.75, 3.05) is 4.90 Å². The summed E-state index contributed by atoms with van der Waals surface area (Å²) >= 11 is 0. The van der Waals surface area contributed by atoms with Gasteiger partial charge in [0.1, 0.15) is 11.2 Å². The smallest absolute Gasteiger partial charge is 0.143 e. The van der Waals surface area contributed by atoms with Crippen LogP contribution in [0.5, 0.6) is 0 Å². The van der Waals surface area contributed by atoms with E-state index < -0.39 is 5.41 Å². The van der Waals surface area contributed by atoms with Crippen LogP contribution in [0.4, 0.5) is 17.1 Å². The maximum Gasteiger partial charge on any atom is 0.143 e. The van der Waals surface area contributed by atoms with E-state index in [1.165, 1.54) is 55.6 Å². The lowest BCUT2D eigenvalue weighted by Crippen LogP contribution is -2.28. The van der Waals surface area contributed by atoms with E-state index in [0.717, 1.165) is 50.1 Å². The first kappa shape index (κ1) is 36.6. The highest BCUT2D eigenvalue weighted by Crippen LogP contribution is 2.57. The maximum absolute atomic E-state index is 6.49. The van der Waals surface area contributed by atoms with Crippen LogP contribution in [0.25, 0.3) is 66.4 Å². The summed E-state index contributed by atoms with van der Waals surface area (Å²) in [5.74, 6) is 0. The molecule has 0 bridgehead atoms. The van der Waals surface area contributed by atoms with E-state index in [0.29, 0.717) is 0 Å². The Balaban J connectivity index is 0.962. The highest BCUT2D eigenvalue weighted by Gasteiger charge is 2.46. The molecule has 10 aromatic carbocycles. The van der Waals surface area contributed by atoms with Crippen molar-refractivity contribution in [3.8, 4) is 44.5 Å². The molecule has 2 nitrogen and oxygen atoms in total. The molecule has 2 heteroatoms. The van der Waals surface area contributed by atoms with Gasteiger partial charge in [-0.05, 0) is 110 Å². The first-order valence-corrected chi connectivity index (χ1v) is 21.7. The van der Waals surface area contributed by atoms with E-state index in [2.05, 4.69) is 248 Å². The average molecular weight is 804 g/mol. The summed E-state index contributed by atoms with van der Waals surface area (Å²) in [4.78, 5) is 2.33. The molecule has 1 aliphatic carbocycles. The summed E-state index contributed by atoms with van der Waals surface area (Å²) in [6, 6.07) is 90.1. The molecule has 1 unspecified atom stereocenters. The molecule has 0 spiro atoms.